The molecular weight excluding hydrogens is 266 g/mol. The van der Waals surface area contributed by atoms with Crippen LogP contribution in [0.4, 0.5) is 8.78 Å². The Kier molecular flexibility index (Phi) is 3.31. The molecule has 3 rings (SSSR count). The van der Waals surface area contributed by atoms with Gasteiger partial charge in [0.25, 0.3) is 0 Å². The number of halogens is 2. The number of benzene rings is 1. The van der Waals surface area contributed by atoms with Gasteiger partial charge in [0, 0.05) is 24.8 Å². The number of carbonyl (C=O) groups is 1. The van der Waals surface area contributed by atoms with Crippen molar-refractivity contribution in [2.75, 3.05) is 13.2 Å². The van der Waals surface area contributed by atoms with Gasteiger partial charge in [-0.1, -0.05) is 0 Å². The van der Waals surface area contributed by atoms with E-state index in [-0.39, 0.29) is 11.6 Å². The molecule has 1 aliphatic rings. The van der Waals surface area contributed by atoms with Gasteiger partial charge in [0.15, 0.2) is 12.1 Å². The van der Waals surface area contributed by atoms with Crippen molar-refractivity contribution in [3.05, 3.63) is 47.3 Å². The first kappa shape index (κ1) is 12.9. The first-order valence-corrected chi connectivity index (χ1v) is 6.27. The maximum absolute atomic E-state index is 13.7. The Hall–Kier alpha value is -2.08. The number of aromatic nitrogens is 2. The standard InChI is InChI=1S/C14H12F2N2O2/c15-11-1-2-13(12(16)5-11)18-6-10(7-19)14(17-18)9-3-4-20-8-9/h1-2,5-7,9H,3-4,8H2. The highest BCUT2D eigenvalue weighted by molar-refractivity contribution is 5.76. The number of hydrogen-bond acceptors (Lipinski definition) is 3. The molecule has 4 nitrogen and oxygen atoms in total. The largest absolute Gasteiger partial charge is 0.381 e. The minimum atomic E-state index is -0.723. The number of carbonyl (C=O) groups excluding carboxylic acids is 1. The van der Waals surface area contributed by atoms with Crippen LogP contribution in [0.25, 0.3) is 5.69 Å². The summed E-state index contributed by atoms with van der Waals surface area (Å²) >= 11 is 0. The van der Waals surface area contributed by atoms with E-state index in [0.717, 1.165) is 18.6 Å². The molecule has 1 atom stereocenters. The molecule has 1 aliphatic heterocycles. The molecule has 0 radical (unpaired) electrons. The van der Waals surface area contributed by atoms with Gasteiger partial charge in [0.05, 0.1) is 17.9 Å². The third-order valence-electron chi connectivity index (χ3n) is 3.37. The summed E-state index contributed by atoms with van der Waals surface area (Å²) < 4.78 is 33.2. The second kappa shape index (κ2) is 5.13. The fourth-order valence-electron chi connectivity index (χ4n) is 2.35. The normalized spacial score (nSPS) is 18.4. The van der Waals surface area contributed by atoms with E-state index in [1.807, 2.05) is 0 Å². The number of hydrogen-bond donors (Lipinski definition) is 0. The summed E-state index contributed by atoms with van der Waals surface area (Å²) in [5.74, 6) is -1.34. The van der Waals surface area contributed by atoms with Gasteiger partial charge in [-0.2, -0.15) is 5.10 Å². The van der Waals surface area contributed by atoms with Gasteiger partial charge in [-0.3, -0.25) is 4.79 Å². The number of ether oxygens (including phenoxy) is 1. The Morgan fingerprint density at radius 1 is 1.40 bits per heavy atom. The molecule has 1 aromatic carbocycles. The van der Waals surface area contributed by atoms with E-state index in [4.69, 9.17) is 4.74 Å². The first-order chi connectivity index (χ1) is 9.69. The van der Waals surface area contributed by atoms with Gasteiger partial charge in [0.2, 0.25) is 0 Å². The fraction of sp³-hybridized carbons (Fsp3) is 0.286. The minimum Gasteiger partial charge on any atom is -0.381 e. The average Bonchev–Trinajstić information content (AvgIpc) is 3.07. The topological polar surface area (TPSA) is 44.1 Å². The molecule has 1 aromatic heterocycles. The van der Waals surface area contributed by atoms with E-state index in [1.54, 1.807) is 0 Å². The predicted molar refractivity (Wildman–Crippen MR) is 67.0 cm³/mol. The van der Waals surface area contributed by atoms with Crippen LogP contribution in [0.2, 0.25) is 0 Å². The lowest BCUT2D eigenvalue weighted by atomic mass is 10.0. The summed E-state index contributed by atoms with van der Waals surface area (Å²) in [4.78, 5) is 11.1. The molecule has 1 unspecified atom stereocenters. The molecule has 6 heteroatoms. The second-order valence-electron chi connectivity index (χ2n) is 4.69. The molecule has 20 heavy (non-hydrogen) atoms. The summed E-state index contributed by atoms with van der Waals surface area (Å²) in [6.07, 6.45) is 2.93. The van der Waals surface area contributed by atoms with E-state index < -0.39 is 11.6 Å². The van der Waals surface area contributed by atoms with Crippen molar-refractivity contribution in [1.82, 2.24) is 9.78 Å². The molecule has 0 aliphatic carbocycles. The zero-order chi connectivity index (χ0) is 14.1. The van der Waals surface area contributed by atoms with Gasteiger partial charge in [-0.05, 0) is 18.6 Å². The van der Waals surface area contributed by atoms with E-state index in [1.165, 1.54) is 16.9 Å². The van der Waals surface area contributed by atoms with Crippen molar-refractivity contribution in [3.8, 4) is 5.69 Å². The molecule has 0 bridgehead atoms. The van der Waals surface area contributed by atoms with Gasteiger partial charge >= 0.3 is 0 Å². The Bertz CT molecular complexity index is 649. The molecule has 0 amide bonds. The highest BCUT2D eigenvalue weighted by Crippen LogP contribution is 2.27. The molecule has 104 valence electrons. The second-order valence-corrected chi connectivity index (χ2v) is 4.69. The van der Waals surface area contributed by atoms with Crippen LogP contribution in [0, 0.1) is 11.6 Å². The molecule has 0 spiro atoms. The summed E-state index contributed by atoms with van der Waals surface area (Å²) in [6, 6.07) is 3.23. The molecule has 0 saturated carbocycles. The van der Waals surface area contributed by atoms with Crippen LogP contribution < -0.4 is 0 Å². The highest BCUT2D eigenvalue weighted by atomic mass is 19.1. The van der Waals surface area contributed by atoms with Crippen LogP contribution in [-0.2, 0) is 4.74 Å². The molecule has 0 N–H and O–H groups in total. The zero-order valence-electron chi connectivity index (χ0n) is 10.6. The van der Waals surface area contributed by atoms with Crippen molar-refractivity contribution in [3.63, 3.8) is 0 Å². The van der Waals surface area contributed by atoms with Crippen LogP contribution >= 0.6 is 0 Å². The Labute approximate surface area is 114 Å². The number of rotatable bonds is 3. The maximum Gasteiger partial charge on any atom is 0.153 e. The summed E-state index contributed by atoms with van der Waals surface area (Å²) in [7, 11) is 0. The van der Waals surface area contributed by atoms with Crippen LogP contribution in [0.1, 0.15) is 28.4 Å². The molecule has 1 saturated heterocycles. The molecule has 2 heterocycles. The van der Waals surface area contributed by atoms with Gasteiger partial charge < -0.3 is 4.74 Å². The Morgan fingerprint density at radius 3 is 2.90 bits per heavy atom. The molecule has 2 aromatic rings. The third-order valence-corrected chi connectivity index (χ3v) is 3.37. The van der Waals surface area contributed by atoms with Crippen molar-refractivity contribution in [2.24, 2.45) is 0 Å². The third kappa shape index (κ3) is 2.22. The van der Waals surface area contributed by atoms with Gasteiger partial charge in [0.1, 0.15) is 11.5 Å². The number of nitrogens with zero attached hydrogens (tertiary/aromatic N) is 2. The molecular formula is C14H12F2N2O2. The van der Waals surface area contributed by atoms with Gasteiger partial charge in [-0.15, -0.1) is 0 Å². The molecule has 1 fully saturated rings. The monoisotopic (exact) mass is 278 g/mol. The van der Waals surface area contributed by atoms with E-state index >= 15 is 0 Å². The fourth-order valence-corrected chi connectivity index (χ4v) is 2.35. The summed E-state index contributed by atoms with van der Waals surface area (Å²) in [5.41, 5.74) is 1.12. The predicted octanol–water partition coefficient (Wildman–Crippen LogP) is 2.47. The van der Waals surface area contributed by atoms with Gasteiger partial charge in [-0.25, -0.2) is 13.5 Å². The quantitative estimate of drug-likeness (QED) is 0.810. The highest BCUT2D eigenvalue weighted by Gasteiger charge is 2.24. The number of aldehydes is 1. The van der Waals surface area contributed by atoms with Crippen LogP contribution in [0.5, 0.6) is 0 Å². The van der Waals surface area contributed by atoms with E-state index in [0.29, 0.717) is 30.8 Å². The van der Waals surface area contributed by atoms with E-state index in [2.05, 4.69) is 5.10 Å². The first-order valence-electron chi connectivity index (χ1n) is 6.27. The van der Waals surface area contributed by atoms with Crippen molar-refractivity contribution < 1.29 is 18.3 Å². The van der Waals surface area contributed by atoms with Crippen molar-refractivity contribution in [1.29, 1.82) is 0 Å². The lowest BCUT2D eigenvalue weighted by molar-refractivity contribution is 0.112. The van der Waals surface area contributed by atoms with Crippen LogP contribution in [-0.4, -0.2) is 29.3 Å². The SMILES string of the molecule is O=Cc1cn(-c2ccc(F)cc2F)nc1C1CCOC1. The lowest BCUT2D eigenvalue weighted by Gasteiger charge is -2.05. The van der Waals surface area contributed by atoms with Crippen LogP contribution in [0.3, 0.4) is 0 Å². The minimum absolute atomic E-state index is 0.0416. The van der Waals surface area contributed by atoms with Crippen LogP contribution in [0.15, 0.2) is 24.4 Å². The van der Waals surface area contributed by atoms with Crippen molar-refractivity contribution >= 4 is 6.29 Å². The Balaban J connectivity index is 2.04. The lowest BCUT2D eigenvalue weighted by Crippen LogP contribution is -2.04. The summed E-state index contributed by atoms with van der Waals surface area (Å²) in [5, 5.41) is 4.27. The van der Waals surface area contributed by atoms with Crippen molar-refractivity contribution in [2.45, 2.75) is 12.3 Å². The van der Waals surface area contributed by atoms with E-state index in [9.17, 15) is 13.6 Å². The Morgan fingerprint density at radius 2 is 2.25 bits per heavy atom. The summed E-state index contributed by atoms with van der Waals surface area (Å²) in [6.45, 7) is 1.13. The smallest absolute Gasteiger partial charge is 0.153 e. The zero-order valence-corrected chi connectivity index (χ0v) is 10.6. The average molecular weight is 278 g/mol. The maximum atomic E-state index is 13.7.